The summed E-state index contributed by atoms with van der Waals surface area (Å²) in [6.07, 6.45) is 10.6. The molecular formula is C14H26. The minimum Gasteiger partial charge on any atom is -0.0625 e. The van der Waals surface area contributed by atoms with E-state index in [2.05, 4.69) is 20.8 Å². The van der Waals surface area contributed by atoms with E-state index in [1.54, 1.807) is 0 Å². The van der Waals surface area contributed by atoms with Gasteiger partial charge in [0.1, 0.15) is 0 Å². The van der Waals surface area contributed by atoms with Gasteiger partial charge in [-0.3, -0.25) is 0 Å². The molecule has 0 nitrogen and oxygen atoms in total. The van der Waals surface area contributed by atoms with E-state index in [0.29, 0.717) is 0 Å². The molecule has 0 atom stereocenters. The summed E-state index contributed by atoms with van der Waals surface area (Å²) in [7, 11) is 0. The molecule has 2 aliphatic rings. The summed E-state index contributed by atoms with van der Waals surface area (Å²) in [4.78, 5) is 0. The molecule has 0 aromatic rings. The maximum atomic E-state index is 2.56. The minimum absolute atomic E-state index is 0.740. The lowest BCUT2D eigenvalue weighted by molar-refractivity contribution is 0.0341. The molecule has 0 aliphatic heterocycles. The third kappa shape index (κ3) is 1.85. The van der Waals surface area contributed by atoms with E-state index in [4.69, 9.17) is 0 Å². The van der Waals surface area contributed by atoms with Crippen molar-refractivity contribution in [2.75, 3.05) is 0 Å². The zero-order valence-electron chi connectivity index (χ0n) is 10.2. The Morgan fingerprint density at radius 2 is 1.57 bits per heavy atom. The summed E-state index contributed by atoms with van der Waals surface area (Å²) in [6.45, 7) is 7.36. The third-order valence-corrected chi connectivity index (χ3v) is 5.21. The summed E-state index contributed by atoms with van der Waals surface area (Å²) >= 11 is 0. The Kier molecular flexibility index (Phi) is 2.91. The van der Waals surface area contributed by atoms with Crippen LogP contribution in [0, 0.1) is 23.2 Å². The third-order valence-electron chi connectivity index (χ3n) is 5.21. The maximum Gasteiger partial charge on any atom is -0.0297 e. The molecule has 0 spiro atoms. The van der Waals surface area contributed by atoms with Gasteiger partial charge in [0.25, 0.3) is 0 Å². The van der Waals surface area contributed by atoms with Crippen molar-refractivity contribution in [1.82, 2.24) is 0 Å². The van der Waals surface area contributed by atoms with Crippen LogP contribution >= 0.6 is 0 Å². The van der Waals surface area contributed by atoms with Crippen molar-refractivity contribution in [3.63, 3.8) is 0 Å². The fourth-order valence-electron chi connectivity index (χ4n) is 3.48. The molecule has 0 saturated heterocycles. The SMILES string of the molecule is CC(C)C1CCC(C)(C2CCC2)CC1. The lowest BCUT2D eigenvalue weighted by atomic mass is 9.58. The van der Waals surface area contributed by atoms with Crippen LogP contribution in [0.4, 0.5) is 0 Å². The Labute approximate surface area is 89.5 Å². The molecule has 0 radical (unpaired) electrons. The highest BCUT2D eigenvalue weighted by molar-refractivity contribution is 4.91. The number of rotatable bonds is 2. The molecular weight excluding hydrogens is 168 g/mol. The normalized spacial score (nSPS) is 39.9. The van der Waals surface area contributed by atoms with Gasteiger partial charge in [0.2, 0.25) is 0 Å². The van der Waals surface area contributed by atoms with E-state index in [0.717, 1.165) is 23.2 Å². The summed E-state index contributed by atoms with van der Waals surface area (Å²) < 4.78 is 0. The maximum absolute atomic E-state index is 2.56. The van der Waals surface area contributed by atoms with Gasteiger partial charge in [-0.05, 0) is 61.7 Å². The molecule has 0 aromatic heterocycles. The molecule has 2 rings (SSSR count). The van der Waals surface area contributed by atoms with Crippen LogP contribution in [-0.2, 0) is 0 Å². The van der Waals surface area contributed by atoms with Gasteiger partial charge in [0.15, 0.2) is 0 Å². The van der Waals surface area contributed by atoms with Gasteiger partial charge in [0, 0.05) is 0 Å². The highest BCUT2D eigenvalue weighted by atomic mass is 14.5. The molecule has 0 heteroatoms. The lowest BCUT2D eigenvalue weighted by Gasteiger charge is -2.48. The molecule has 0 aromatic carbocycles. The largest absolute Gasteiger partial charge is 0.0625 e. The van der Waals surface area contributed by atoms with Crippen LogP contribution in [0.5, 0.6) is 0 Å². The monoisotopic (exact) mass is 194 g/mol. The quantitative estimate of drug-likeness (QED) is 0.601. The molecule has 0 unspecified atom stereocenters. The Morgan fingerprint density at radius 3 is 1.93 bits per heavy atom. The van der Waals surface area contributed by atoms with Gasteiger partial charge in [-0.25, -0.2) is 0 Å². The van der Waals surface area contributed by atoms with Crippen LogP contribution < -0.4 is 0 Å². The first kappa shape index (κ1) is 10.5. The summed E-state index contributed by atoms with van der Waals surface area (Å²) in [5.41, 5.74) is 0.740. The van der Waals surface area contributed by atoms with Crippen molar-refractivity contribution in [2.24, 2.45) is 23.2 Å². The van der Waals surface area contributed by atoms with Gasteiger partial charge < -0.3 is 0 Å². The van der Waals surface area contributed by atoms with Crippen LogP contribution in [0.2, 0.25) is 0 Å². The smallest absolute Gasteiger partial charge is 0.0297 e. The topological polar surface area (TPSA) is 0 Å². The van der Waals surface area contributed by atoms with E-state index < -0.39 is 0 Å². The van der Waals surface area contributed by atoms with Crippen LogP contribution in [0.25, 0.3) is 0 Å². The molecule has 2 aliphatic carbocycles. The second-order valence-corrected chi connectivity index (χ2v) is 6.36. The van der Waals surface area contributed by atoms with Gasteiger partial charge in [-0.15, -0.1) is 0 Å². The second-order valence-electron chi connectivity index (χ2n) is 6.36. The predicted molar refractivity (Wildman–Crippen MR) is 62.2 cm³/mol. The number of hydrogen-bond donors (Lipinski definition) is 0. The van der Waals surface area contributed by atoms with Crippen molar-refractivity contribution in [3.8, 4) is 0 Å². The number of hydrogen-bond acceptors (Lipinski definition) is 0. The summed E-state index contributed by atoms with van der Waals surface area (Å²) in [5.74, 6) is 3.04. The standard InChI is InChI=1S/C14H26/c1-11(2)12-7-9-14(3,10-8-12)13-5-4-6-13/h11-13H,4-10H2,1-3H3. The molecule has 82 valence electrons. The van der Waals surface area contributed by atoms with Crippen molar-refractivity contribution in [3.05, 3.63) is 0 Å². The van der Waals surface area contributed by atoms with Crippen molar-refractivity contribution >= 4 is 0 Å². The second kappa shape index (κ2) is 3.87. The molecule has 0 bridgehead atoms. The fourth-order valence-corrected chi connectivity index (χ4v) is 3.48. The predicted octanol–water partition coefficient (Wildman–Crippen LogP) is 4.64. The van der Waals surface area contributed by atoms with Gasteiger partial charge in [-0.2, -0.15) is 0 Å². The van der Waals surface area contributed by atoms with Crippen LogP contribution in [0.3, 0.4) is 0 Å². The minimum atomic E-state index is 0.740. The van der Waals surface area contributed by atoms with Crippen LogP contribution in [-0.4, -0.2) is 0 Å². The Bertz CT molecular complexity index is 180. The van der Waals surface area contributed by atoms with Gasteiger partial charge in [0.05, 0.1) is 0 Å². The lowest BCUT2D eigenvalue weighted by Crippen LogP contribution is -2.36. The Balaban J connectivity index is 1.87. The van der Waals surface area contributed by atoms with E-state index in [1.807, 2.05) is 0 Å². The first-order valence-electron chi connectivity index (χ1n) is 6.62. The van der Waals surface area contributed by atoms with Gasteiger partial charge in [-0.1, -0.05) is 27.2 Å². The average Bonchev–Trinajstić information content (AvgIpc) is 2.00. The van der Waals surface area contributed by atoms with Crippen molar-refractivity contribution in [1.29, 1.82) is 0 Å². The molecule has 14 heavy (non-hydrogen) atoms. The highest BCUT2D eigenvalue weighted by Gasteiger charge is 2.40. The van der Waals surface area contributed by atoms with Crippen LogP contribution in [0.1, 0.15) is 65.7 Å². The van der Waals surface area contributed by atoms with E-state index in [1.165, 1.54) is 44.9 Å². The fraction of sp³-hybridized carbons (Fsp3) is 1.00. The van der Waals surface area contributed by atoms with Crippen LogP contribution in [0.15, 0.2) is 0 Å². The molecule has 2 saturated carbocycles. The summed E-state index contributed by atoms with van der Waals surface area (Å²) in [6, 6.07) is 0. The van der Waals surface area contributed by atoms with E-state index >= 15 is 0 Å². The van der Waals surface area contributed by atoms with E-state index in [-0.39, 0.29) is 0 Å². The zero-order chi connectivity index (χ0) is 10.2. The molecule has 0 heterocycles. The molecule has 0 amide bonds. The first-order chi connectivity index (χ1) is 6.62. The zero-order valence-corrected chi connectivity index (χ0v) is 10.2. The Hall–Kier alpha value is 0. The average molecular weight is 194 g/mol. The summed E-state index contributed by atoms with van der Waals surface area (Å²) in [5, 5.41) is 0. The van der Waals surface area contributed by atoms with Crippen molar-refractivity contribution < 1.29 is 0 Å². The molecule has 2 fully saturated rings. The first-order valence-corrected chi connectivity index (χ1v) is 6.62. The molecule has 0 N–H and O–H groups in total. The Morgan fingerprint density at radius 1 is 1.00 bits per heavy atom. The highest BCUT2D eigenvalue weighted by Crippen LogP contribution is 2.52. The van der Waals surface area contributed by atoms with Gasteiger partial charge >= 0.3 is 0 Å². The van der Waals surface area contributed by atoms with E-state index in [9.17, 15) is 0 Å². The van der Waals surface area contributed by atoms with Crippen molar-refractivity contribution in [2.45, 2.75) is 65.7 Å².